The first-order valence-electron chi connectivity index (χ1n) is 15.3. The summed E-state index contributed by atoms with van der Waals surface area (Å²) < 4.78 is 35.3. The largest absolute Gasteiger partial charge is 0.459 e. The van der Waals surface area contributed by atoms with Crippen molar-refractivity contribution in [2.75, 3.05) is 6.61 Å². The molecule has 0 amide bonds. The maximum absolute atomic E-state index is 13.6. The number of hydrogen-bond donors (Lipinski definition) is 0. The zero-order chi connectivity index (χ0) is 34.2. The summed E-state index contributed by atoms with van der Waals surface area (Å²) in [6, 6.07) is 32.6. The fourth-order valence-corrected chi connectivity index (χ4v) is 5.21. The van der Waals surface area contributed by atoms with E-state index >= 15 is 0 Å². The van der Waals surface area contributed by atoms with Crippen molar-refractivity contribution >= 4 is 23.9 Å². The minimum atomic E-state index is -1.52. The van der Waals surface area contributed by atoms with Crippen molar-refractivity contribution in [2.45, 2.75) is 37.4 Å². The number of hydrogen-bond acceptors (Lipinski definition) is 12. The maximum Gasteiger partial charge on any atom is 0.338 e. The van der Waals surface area contributed by atoms with E-state index in [0.717, 1.165) is 0 Å². The fraction of sp³-hybridized carbons (Fsp3) is 0.189. The molecule has 0 N–H and O–H groups in total. The van der Waals surface area contributed by atoms with Crippen LogP contribution >= 0.6 is 0 Å². The SMILES string of the molecule is Cc1nc([C@@H]2O[C@H](COC(=O)c3ccccc3)[C@@H](OC(=O)c3ccccc3)[C@H](OC(=O)c3ccccc3)[C@H]2OC(=O)c2ccccc2)no1. The highest BCUT2D eigenvalue weighted by molar-refractivity contribution is 5.91. The zero-order valence-corrected chi connectivity index (χ0v) is 26.1. The molecule has 12 heteroatoms. The zero-order valence-electron chi connectivity index (χ0n) is 26.1. The number of carbonyl (C=O) groups excluding carboxylic acids is 4. The minimum Gasteiger partial charge on any atom is -0.459 e. The molecule has 6 rings (SSSR count). The second-order valence-electron chi connectivity index (χ2n) is 10.9. The van der Waals surface area contributed by atoms with Gasteiger partial charge in [0.05, 0.1) is 22.3 Å². The molecule has 1 fully saturated rings. The van der Waals surface area contributed by atoms with Crippen LogP contribution in [0.4, 0.5) is 0 Å². The van der Waals surface area contributed by atoms with Gasteiger partial charge >= 0.3 is 23.9 Å². The van der Waals surface area contributed by atoms with Gasteiger partial charge in [-0.3, -0.25) is 0 Å². The Kier molecular flexibility index (Phi) is 10.2. The number of esters is 4. The molecule has 0 unspecified atom stereocenters. The lowest BCUT2D eigenvalue weighted by atomic mass is 9.93. The van der Waals surface area contributed by atoms with Crippen molar-refractivity contribution < 1.29 is 47.4 Å². The second kappa shape index (κ2) is 15.2. The van der Waals surface area contributed by atoms with E-state index in [1.54, 1.807) is 116 Å². The Hall–Kier alpha value is -6.14. The monoisotopic (exact) mass is 662 g/mol. The molecule has 12 nitrogen and oxygen atoms in total. The van der Waals surface area contributed by atoms with Crippen LogP contribution in [-0.4, -0.2) is 65.0 Å². The summed E-state index contributed by atoms with van der Waals surface area (Å²) in [5.74, 6) is -2.94. The topological polar surface area (TPSA) is 153 Å². The summed E-state index contributed by atoms with van der Waals surface area (Å²) in [4.78, 5) is 58.1. The van der Waals surface area contributed by atoms with Gasteiger partial charge in [-0.05, 0) is 48.5 Å². The van der Waals surface area contributed by atoms with Gasteiger partial charge in [-0.1, -0.05) is 78.0 Å². The van der Waals surface area contributed by atoms with Crippen molar-refractivity contribution in [3.8, 4) is 0 Å². The van der Waals surface area contributed by atoms with Gasteiger partial charge in [0.15, 0.2) is 24.4 Å². The smallest absolute Gasteiger partial charge is 0.338 e. The molecule has 1 aliphatic rings. The van der Waals surface area contributed by atoms with E-state index in [9.17, 15) is 19.2 Å². The molecule has 49 heavy (non-hydrogen) atoms. The van der Waals surface area contributed by atoms with Crippen LogP contribution in [0.25, 0.3) is 0 Å². The van der Waals surface area contributed by atoms with Gasteiger partial charge in [0.25, 0.3) is 0 Å². The van der Waals surface area contributed by atoms with E-state index in [0.29, 0.717) is 0 Å². The van der Waals surface area contributed by atoms with E-state index in [1.165, 1.54) is 12.1 Å². The number of aryl methyl sites for hydroxylation is 1. The van der Waals surface area contributed by atoms with Crippen molar-refractivity contribution in [3.63, 3.8) is 0 Å². The lowest BCUT2D eigenvalue weighted by molar-refractivity contribution is -0.233. The molecule has 248 valence electrons. The Morgan fingerprint density at radius 3 is 1.41 bits per heavy atom. The average molecular weight is 663 g/mol. The third-order valence-corrected chi connectivity index (χ3v) is 7.58. The van der Waals surface area contributed by atoms with Gasteiger partial charge in [-0.25, -0.2) is 19.2 Å². The molecular weight excluding hydrogens is 632 g/mol. The van der Waals surface area contributed by atoms with Crippen LogP contribution in [0.3, 0.4) is 0 Å². The maximum atomic E-state index is 13.6. The Morgan fingerprint density at radius 1 is 0.571 bits per heavy atom. The summed E-state index contributed by atoms with van der Waals surface area (Å²) in [5.41, 5.74) is 0.817. The first kappa shape index (κ1) is 32.8. The molecule has 5 atom stereocenters. The van der Waals surface area contributed by atoms with Crippen LogP contribution in [0.1, 0.15) is 59.3 Å². The van der Waals surface area contributed by atoms with Crippen LogP contribution < -0.4 is 0 Å². The average Bonchev–Trinajstić information content (AvgIpc) is 3.59. The van der Waals surface area contributed by atoms with Crippen LogP contribution in [0, 0.1) is 6.92 Å². The third-order valence-electron chi connectivity index (χ3n) is 7.58. The Balaban J connectivity index is 1.42. The van der Waals surface area contributed by atoms with Gasteiger partial charge in [-0.2, -0.15) is 4.98 Å². The minimum absolute atomic E-state index is 0.0451. The van der Waals surface area contributed by atoms with Gasteiger partial charge in [0.2, 0.25) is 11.7 Å². The predicted molar refractivity (Wildman–Crippen MR) is 170 cm³/mol. The first-order chi connectivity index (χ1) is 23.9. The summed E-state index contributed by atoms with van der Waals surface area (Å²) >= 11 is 0. The van der Waals surface area contributed by atoms with Crippen LogP contribution in [0.15, 0.2) is 126 Å². The molecule has 1 aromatic heterocycles. The predicted octanol–water partition coefficient (Wildman–Crippen LogP) is 5.35. The number of aromatic nitrogens is 2. The highest BCUT2D eigenvalue weighted by atomic mass is 16.7. The van der Waals surface area contributed by atoms with Crippen molar-refractivity contribution in [2.24, 2.45) is 0 Å². The molecule has 2 heterocycles. The Labute approximate surface area is 280 Å². The van der Waals surface area contributed by atoms with Crippen LogP contribution in [0.2, 0.25) is 0 Å². The lowest BCUT2D eigenvalue weighted by Crippen LogP contribution is -2.60. The quantitative estimate of drug-likeness (QED) is 0.140. The molecule has 1 aliphatic heterocycles. The standard InChI is InChI=1S/C37H30N2O10/c1-23-38-33(39-49-23)32-31(48-37(43)27-20-12-5-13-21-27)30(47-36(42)26-18-10-4-11-19-26)29(46-35(41)25-16-8-3-9-17-25)28(45-32)22-44-34(40)24-14-6-2-7-15-24/h2-21,28-32H,22H2,1H3/t28-,29-,30+,31-,32-/m1/s1. The Morgan fingerprint density at radius 2 is 0.980 bits per heavy atom. The van der Waals surface area contributed by atoms with Crippen molar-refractivity contribution in [3.05, 3.63) is 155 Å². The van der Waals surface area contributed by atoms with Gasteiger partial charge in [-0.15, -0.1) is 0 Å². The molecule has 5 aromatic rings. The van der Waals surface area contributed by atoms with Gasteiger partial charge in [0, 0.05) is 6.92 Å². The summed E-state index contributed by atoms with van der Waals surface area (Å²) in [7, 11) is 0. The van der Waals surface area contributed by atoms with Crippen molar-refractivity contribution in [1.82, 2.24) is 10.1 Å². The number of carbonyl (C=O) groups is 4. The van der Waals surface area contributed by atoms with E-state index in [4.69, 9.17) is 28.2 Å². The van der Waals surface area contributed by atoms with Crippen LogP contribution in [0.5, 0.6) is 0 Å². The third kappa shape index (κ3) is 7.88. The van der Waals surface area contributed by atoms with E-state index in [-0.39, 0.29) is 34.0 Å². The molecule has 0 bridgehead atoms. The molecule has 0 spiro atoms. The van der Waals surface area contributed by atoms with E-state index in [2.05, 4.69) is 10.1 Å². The fourth-order valence-electron chi connectivity index (χ4n) is 5.21. The molecular formula is C37H30N2O10. The lowest BCUT2D eigenvalue weighted by Gasteiger charge is -2.43. The number of rotatable bonds is 10. The first-order valence-corrected chi connectivity index (χ1v) is 15.3. The molecule has 1 saturated heterocycles. The molecule has 4 aromatic carbocycles. The van der Waals surface area contributed by atoms with Crippen LogP contribution in [-0.2, 0) is 23.7 Å². The number of ether oxygens (including phenoxy) is 5. The van der Waals surface area contributed by atoms with Gasteiger partial charge < -0.3 is 28.2 Å². The summed E-state index contributed by atoms with van der Waals surface area (Å²) in [5, 5.41) is 3.99. The highest BCUT2D eigenvalue weighted by Gasteiger charge is 2.54. The molecule has 0 aliphatic carbocycles. The highest BCUT2D eigenvalue weighted by Crippen LogP contribution is 2.37. The van der Waals surface area contributed by atoms with Crippen molar-refractivity contribution in [1.29, 1.82) is 0 Å². The Bertz CT molecular complexity index is 1880. The van der Waals surface area contributed by atoms with E-state index < -0.39 is 61.0 Å². The second-order valence-corrected chi connectivity index (χ2v) is 10.9. The van der Waals surface area contributed by atoms with E-state index in [1.807, 2.05) is 0 Å². The normalized spacial score (nSPS) is 20.1. The number of nitrogens with zero attached hydrogens (tertiary/aromatic N) is 2. The molecule has 0 radical (unpaired) electrons. The number of benzene rings is 4. The molecule has 0 saturated carbocycles. The summed E-state index contributed by atoms with van der Waals surface area (Å²) in [6.45, 7) is 1.09. The summed E-state index contributed by atoms with van der Waals surface area (Å²) in [6.07, 6.45) is -7.07. The van der Waals surface area contributed by atoms with Gasteiger partial charge in [0.1, 0.15) is 12.7 Å².